The summed E-state index contributed by atoms with van der Waals surface area (Å²) < 4.78 is 12.7. The number of ether oxygens (including phenoxy) is 2. The molecule has 0 bridgehead atoms. The topological polar surface area (TPSA) is 51.5 Å². The zero-order chi connectivity index (χ0) is 18.4. The van der Waals surface area contributed by atoms with Gasteiger partial charge >= 0.3 is 0 Å². The zero-order valence-corrected chi connectivity index (χ0v) is 16.1. The molecule has 7 heteroatoms. The molecule has 26 heavy (non-hydrogen) atoms. The molecule has 140 valence electrons. The number of pyridine rings is 1. The number of thiocarbonyl (C=S) groups is 1. The van der Waals surface area contributed by atoms with Crippen molar-refractivity contribution in [1.29, 1.82) is 0 Å². The molecular weight excluding hydrogens is 348 g/mol. The van der Waals surface area contributed by atoms with Crippen LogP contribution in [0, 0.1) is 0 Å². The van der Waals surface area contributed by atoms with Crippen LogP contribution in [0.4, 0.5) is 0 Å². The average molecular weight is 375 g/mol. The van der Waals surface area contributed by atoms with Gasteiger partial charge in [-0.15, -0.1) is 0 Å². The number of nitrogens with one attached hydrogen (secondary N) is 1. The van der Waals surface area contributed by atoms with Crippen LogP contribution in [-0.4, -0.2) is 53.5 Å². The summed E-state index contributed by atoms with van der Waals surface area (Å²) in [7, 11) is 3.45. The lowest BCUT2D eigenvalue weighted by Crippen LogP contribution is -2.32. The highest BCUT2D eigenvalue weighted by Crippen LogP contribution is 2.38. The first-order valence-corrected chi connectivity index (χ1v) is 9.28. The van der Waals surface area contributed by atoms with Crippen LogP contribution in [0.1, 0.15) is 29.9 Å². The highest BCUT2D eigenvalue weighted by molar-refractivity contribution is 7.80. The monoisotopic (exact) mass is 374 g/mol. The summed E-state index contributed by atoms with van der Waals surface area (Å²) in [5.74, 6) is 0. The Labute approximate surface area is 160 Å². The molecular formula is C19H26N4O2S. The zero-order valence-electron chi connectivity index (χ0n) is 15.3. The molecule has 0 aromatic carbocycles. The lowest BCUT2D eigenvalue weighted by atomic mass is 10.0. The number of hydrogen-bond acceptors (Lipinski definition) is 4. The first-order chi connectivity index (χ1) is 12.8. The van der Waals surface area contributed by atoms with Gasteiger partial charge in [0.05, 0.1) is 24.4 Å². The molecule has 3 heterocycles. The van der Waals surface area contributed by atoms with Gasteiger partial charge in [0.2, 0.25) is 0 Å². The van der Waals surface area contributed by atoms with E-state index in [2.05, 4.69) is 38.1 Å². The Morgan fingerprint density at radius 2 is 1.96 bits per heavy atom. The van der Waals surface area contributed by atoms with Gasteiger partial charge in [0, 0.05) is 52.0 Å². The van der Waals surface area contributed by atoms with Gasteiger partial charge in [-0.1, -0.05) is 6.07 Å². The molecule has 2 aromatic rings. The smallest absolute Gasteiger partial charge is 0.170 e. The Kier molecular flexibility index (Phi) is 6.60. The van der Waals surface area contributed by atoms with Crippen molar-refractivity contribution in [3.05, 3.63) is 54.1 Å². The molecule has 1 aliphatic rings. The van der Waals surface area contributed by atoms with Gasteiger partial charge in [-0.25, -0.2) is 0 Å². The van der Waals surface area contributed by atoms with Crippen LogP contribution in [0.2, 0.25) is 0 Å². The fourth-order valence-corrected chi connectivity index (χ4v) is 3.77. The van der Waals surface area contributed by atoms with Crippen molar-refractivity contribution in [3.8, 4) is 0 Å². The van der Waals surface area contributed by atoms with Gasteiger partial charge in [-0.05, 0) is 42.9 Å². The van der Waals surface area contributed by atoms with Crippen LogP contribution in [0.25, 0.3) is 0 Å². The third-order valence-electron chi connectivity index (χ3n) is 4.65. The largest absolute Gasteiger partial charge is 0.385 e. The van der Waals surface area contributed by atoms with Gasteiger partial charge in [0.1, 0.15) is 0 Å². The first-order valence-electron chi connectivity index (χ1n) is 8.87. The summed E-state index contributed by atoms with van der Waals surface area (Å²) in [5.41, 5.74) is 2.20. The summed E-state index contributed by atoms with van der Waals surface area (Å²) in [4.78, 5) is 6.83. The van der Waals surface area contributed by atoms with Crippen LogP contribution >= 0.6 is 12.2 Å². The molecule has 3 rings (SSSR count). The predicted molar refractivity (Wildman–Crippen MR) is 105 cm³/mol. The summed E-state index contributed by atoms with van der Waals surface area (Å²) in [6, 6.07) is 10.3. The first kappa shape index (κ1) is 18.8. The van der Waals surface area contributed by atoms with Crippen LogP contribution in [0.5, 0.6) is 0 Å². The van der Waals surface area contributed by atoms with E-state index in [1.807, 2.05) is 24.4 Å². The van der Waals surface area contributed by atoms with Gasteiger partial charge in [-0.3, -0.25) is 4.98 Å². The van der Waals surface area contributed by atoms with Crippen molar-refractivity contribution in [1.82, 2.24) is 19.8 Å². The van der Waals surface area contributed by atoms with Crippen molar-refractivity contribution >= 4 is 17.3 Å². The molecule has 0 radical (unpaired) electrons. The van der Waals surface area contributed by atoms with Crippen molar-refractivity contribution < 1.29 is 9.47 Å². The Bertz CT molecular complexity index is 707. The van der Waals surface area contributed by atoms with E-state index < -0.39 is 0 Å². The number of aromatic nitrogens is 2. The molecule has 1 saturated heterocycles. The normalized spacial score (nSPS) is 19.8. The Hall–Kier alpha value is -1.96. The molecule has 6 nitrogen and oxygen atoms in total. The number of methoxy groups -OCH3 is 2. The lowest BCUT2D eigenvalue weighted by Gasteiger charge is -2.29. The minimum Gasteiger partial charge on any atom is -0.385 e. The number of hydrogen-bond donors (Lipinski definition) is 1. The fraction of sp³-hybridized carbons (Fsp3) is 0.474. The fourth-order valence-electron chi connectivity index (χ4n) is 3.44. The minimum absolute atomic E-state index is 0.0161. The summed E-state index contributed by atoms with van der Waals surface area (Å²) in [6.07, 6.45) is 4.84. The summed E-state index contributed by atoms with van der Waals surface area (Å²) in [6.45, 7) is 3.03. The summed E-state index contributed by atoms with van der Waals surface area (Å²) >= 11 is 5.66. The third-order valence-corrected chi connectivity index (χ3v) is 5.00. The Balaban J connectivity index is 1.92. The molecule has 1 fully saturated rings. The van der Waals surface area contributed by atoms with E-state index in [9.17, 15) is 0 Å². The molecule has 2 aromatic heterocycles. The van der Waals surface area contributed by atoms with E-state index in [1.54, 1.807) is 14.2 Å². The van der Waals surface area contributed by atoms with E-state index in [0.29, 0.717) is 13.2 Å². The summed E-state index contributed by atoms with van der Waals surface area (Å²) in [5, 5.41) is 4.24. The minimum atomic E-state index is 0.0161. The second kappa shape index (κ2) is 9.12. The SMILES string of the molecule is COCCCN1C(=S)N[C@H](c2ccccn2)[C@@H]1c1cccn1CCOC. The van der Waals surface area contributed by atoms with E-state index in [4.69, 9.17) is 21.7 Å². The van der Waals surface area contributed by atoms with E-state index in [1.165, 1.54) is 5.69 Å². The van der Waals surface area contributed by atoms with Gasteiger partial charge in [0.15, 0.2) is 5.11 Å². The molecule has 0 aliphatic carbocycles. The number of nitrogens with zero attached hydrogens (tertiary/aromatic N) is 3. The van der Waals surface area contributed by atoms with Gasteiger partial charge in [-0.2, -0.15) is 0 Å². The highest BCUT2D eigenvalue weighted by atomic mass is 32.1. The molecule has 2 atom stereocenters. The van der Waals surface area contributed by atoms with E-state index in [0.717, 1.165) is 30.3 Å². The quantitative estimate of drug-likeness (QED) is 0.538. The maximum Gasteiger partial charge on any atom is 0.170 e. The standard InChI is InChI=1S/C19H26N4O2S/c1-24-13-6-11-23-18(16-8-5-10-22(16)12-14-25-2)17(21-19(23)26)15-7-3-4-9-20-15/h3-5,7-10,17-18H,6,11-14H2,1-2H3,(H,21,26)/t17-,18+/m1/s1. The maximum atomic E-state index is 5.66. The van der Waals surface area contributed by atoms with Crippen LogP contribution in [-0.2, 0) is 16.0 Å². The van der Waals surface area contributed by atoms with E-state index in [-0.39, 0.29) is 12.1 Å². The molecule has 0 saturated carbocycles. The Morgan fingerprint density at radius 3 is 2.69 bits per heavy atom. The molecule has 0 spiro atoms. The van der Waals surface area contributed by atoms with E-state index >= 15 is 0 Å². The Morgan fingerprint density at radius 1 is 1.12 bits per heavy atom. The van der Waals surface area contributed by atoms with Crippen molar-refractivity contribution in [2.75, 3.05) is 34.0 Å². The molecule has 0 amide bonds. The predicted octanol–water partition coefficient (Wildman–Crippen LogP) is 2.54. The van der Waals surface area contributed by atoms with Crippen molar-refractivity contribution in [3.63, 3.8) is 0 Å². The highest BCUT2D eigenvalue weighted by Gasteiger charge is 2.40. The average Bonchev–Trinajstić information content (AvgIpc) is 3.25. The molecule has 1 N–H and O–H groups in total. The van der Waals surface area contributed by atoms with Crippen molar-refractivity contribution in [2.24, 2.45) is 0 Å². The third kappa shape index (κ3) is 4.06. The second-order valence-electron chi connectivity index (χ2n) is 6.29. The second-order valence-corrected chi connectivity index (χ2v) is 6.67. The maximum absolute atomic E-state index is 5.66. The van der Waals surface area contributed by atoms with Gasteiger partial charge in [0.25, 0.3) is 0 Å². The number of rotatable bonds is 9. The van der Waals surface area contributed by atoms with Crippen molar-refractivity contribution in [2.45, 2.75) is 25.0 Å². The molecule has 1 aliphatic heterocycles. The van der Waals surface area contributed by atoms with Crippen LogP contribution in [0.15, 0.2) is 42.7 Å². The van der Waals surface area contributed by atoms with Crippen LogP contribution in [0.3, 0.4) is 0 Å². The van der Waals surface area contributed by atoms with Gasteiger partial charge < -0.3 is 24.3 Å². The van der Waals surface area contributed by atoms with Crippen LogP contribution < -0.4 is 5.32 Å². The lowest BCUT2D eigenvalue weighted by molar-refractivity contribution is 0.175. The molecule has 0 unspecified atom stereocenters.